The lowest BCUT2D eigenvalue weighted by Crippen LogP contribution is -1.97. The summed E-state index contributed by atoms with van der Waals surface area (Å²) in [6, 6.07) is 16.4. The first-order valence-electron chi connectivity index (χ1n) is 8.96. The largest absolute Gasteiger partial charge is 0.489 e. The first kappa shape index (κ1) is 18.3. The highest BCUT2D eigenvalue weighted by molar-refractivity contribution is 5.87. The molecule has 2 heterocycles. The van der Waals surface area contributed by atoms with Gasteiger partial charge in [0.2, 0.25) is 0 Å². The van der Waals surface area contributed by atoms with Crippen LogP contribution in [0.2, 0.25) is 0 Å². The number of hydrogen-bond acceptors (Lipinski definition) is 3. The standard InChI is InChI=1S/C23H17N3O3/c1-15-11-17(20-13-26-12-18(23(27)28)6-10-22(26)25-20)5-9-21(15)29-14-16-3-7-19(24-2)8-4-16/h3-13H,14H2,1H3,(H,27,28). The molecule has 4 aromatic rings. The normalized spacial score (nSPS) is 10.6. The number of ether oxygens (including phenoxy) is 1. The number of aryl methyl sites for hydroxylation is 1. The Morgan fingerprint density at radius 1 is 1.14 bits per heavy atom. The maximum absolute atomic E-state index is 11.1. The minimum absolute atomic E-state index is 0.214. The van der Waals surface area contributed by atoms with E-state index in [1.807, 2.05) is 43.5 Å². The lowest BCUT2D eigenvalue weighted by molar-refractivity contribution is 0.0696. The van der Waals surface area contributed by atoms with Gasteiger partial charge in [-0.05, 0) is 48.4 Å². The van der Waals surface area contributed by atoms with Crippen molar-refractivity contribution in [3.8, 4) is 17.0 Å². The molecule has 0 aliphatic rings. The van der Waals surface area contributed by atoms with Gasteiger partial charge >= 0.3 is 5.97 Å². The van der Waals surface area contributed by atoms with Gasteiger partial charge in [-0.1, -0.05) is 24.3 Å². The number of hydrogen-bond donors (Lipinski definition) is 1. The summed E-state index contributed by atoms with van der Waals surface area (Å²) in [6.45, 7) is 9.39. The fourth-order valence-corrected chi connectivity index (χ4v) is 3.06. The molecule has 0 spiro atoms. The highest BCUT2D eigenvalue weighted by atomic mass is 16.5. The van der Waals surface area contributed by atoms with Gasteiger partial charge in [0, 0.05) is 18.0 Å². The van der Waals surface area contributed by atoms with Crippen molar-refractivity contribution in [2.45, 2.75) is 13.5 Å². The summed E-state index contributed by atoms with van der Waals surface area (Å²) >= 11 is 0. The molecule has 0 amide bonds. The number of nitrogens with zero attached hydrogens (tertiary/aromatic N) is 3. The topological polar surface area (TPSA) is 68.2 Å². The Bertz CT molecular complexity index is 1250. The van der Waals surface area contributed by atoms with E-state index in [1.165, 1.54) is 0 Å². The van der Waals surface area contributed by atoms with Crippen LogP contribution in [-0.2, 0) is 6.61 Å². The van der Waals surface area contributed by atoms with E-state index in [0.29, 0.717) is 17.9 Å². The van der Waals surface area contributed by atoms with Crippen molar-refractivity contribution in [3.05, 3.63) is 95.1 Å². The molecule has 29 heavy (non-hydrogen) atoms. The molecule has 6 heteroatoms. The first-order chi connectivity index (χ1) is 14.0. The zero-order valence-corrected chi connectivity index (χ0v) is 15.7. The molecule has 0 saturated carbocycles. The number of benzene rings is 2. The summed E-state index contributed by atoms with van der Waals surface area (Å²) in [6.07, 6.45) is 3.37. The van der Waals surface area contributed by atoms with Gasteiger partial charge < -0.3 is 14.2 Å². The number of rotatable bonds is 5. The molecule has 0 aliphatic heterocycles. The van der Waals surface area contributed by atoms with E-state index in [2.05, 4.69) is 9.83 Å². The van der Waals surface area contributed by atoms with Crippen LogP contribution in [0.15, 0.2) is 67.0 Å². The van der Waals surface area contributed by atoms with Gasteiger partial charge in [-0.2, -0.15) is 0 Å². The average Bonchev–Trinajstić information content (AvgIpc) is 3.16. The number of carboxylic acids is 1. The third-order valence-electron chi connectivity index (χ3n) is 4.63. The molecule has 0 atom stereocenters. The van der Waals surface area contributed by atoms with Crippen LogP contribution in [0.4, 0.5) is 5.69 Å². The number of aromatic carboxylic acids is 1. The summed E-state index contributed by atoms with van der Waals surface area (Å²) in [4.78, 5) is 19.1. The van der Waals surface area contributed by atoms with E-state index in [9.17, 15) is 4.79 Å². The van der Waals surface area contributed by atoms with Crippen molar-refractivity contribution in [3.63, 3.8) is 0 Å². The highest BCUT2D eigenvalue weighted by Gasteiger charge is 2.10. The molecule has 0 fully saturated rings. The predicted molar refractivity (Wildman–Crippen MR) is 109 cm³/mol. The second-order valence-corrected chi connectivity index (χ2v) is 6.66. The molecule has 0 radical (unpaired) electrons. The molecule has 0 aliphatic carbocycles. The second kappa shape index (κ2) is 7.49. The van der Waals surface area contributed by atoms with E-state index in [1.54, 1.807) is 34.9 Å². The molecule has 4 rings (SSSR count). The Hall–Kier alpha value is -4.11. The molecule has 0 unspecified atom stereocenters. The Morgan fingerprint density at radius 3 is 2.62 bits per heavy atom. The number of fused-ring (bicyclic) bond motifs is 1. The van der Waals surface area contributed by atoms with Crippen LogP contribution in [0.1, 0.15) is 21.5 Å². The molecule has 6 nitrogen and oxygen atoms in total. The van der Waals surface area contributed by atoms with Gasteiger partial charge in [0.25, 0.3) is 0 Å². The van der Waals surface area contributed by atoms with Crippen molar-refractivity contribution in [1.29, 1.82) is 0 Å². The molecule has 142 valence electrons. The molecular weight excluding hydrogens is 366 g/mol. The van der Waals surface area contributed by atoms with Crippen LogP contribution < -0.4 is 4.74 Å². The van der Waals surface area contributed by atoms with Crippen molar-refractivity contribution >= 4 is 17.3 Å². The Balaban J connectivity index is 1.54. The SMILES string of the molecule is [C-]#[N+]c1ccc(COc2ccc(-c3cn4cc(C(=O)O)ccc4n3)cc2C)cc1. The fourth-order valence-electron chi connectivity index (χ4n) is 3.06. The maximum Gasteiger partial charge on any atom is 0.337 e. The zero-order chi connectivity index (χ0) is 20.4. The summed E-state index contributed by atoms with van der Waals surface area (Å²) in [5.41, 5.74) is 5.17. The number of aromatic nitrogens is 2. The van der Waals surface area contributed by atoms with E-state index in [4.69, 9.17) is 16.4 Å². The van der Waals surface area contributed by atoms with E-state index in [0.717, 1.165) is 28.1 Å². The van der Waals surface area contributed by atoms with Crippen LogP contribution in [0, 0.1) is 13.5 Å². The monoisotopic (exact) mass is 383 g/mol. The number of pyridine rings is 1. The predicted octanol–water partition coefficient (Wildman–Crippen LogP) is 5.14. The number of imidazole rings is 1. The molecule has 0 saturated heterocycles. The fraction of sp³-hybridized carbons (Fsp3) is 0.0870. The van der Waals surface area contributed by atoms with Gasteiger partial charge in [0.15, 0.2) is 5.69 Å². The summed E-state index contributed by atoms with van der Waals surface area (Å²) in [5, 5.41) is 9.13. The van der Waals surface area contributed by atoms with Crippen LogP contribution in [-0.4, -0.2) is 20.5 Å². The van der Waals surface area contributed by atoms with Crippen molar-refractivity contribution in [2.75, 3.05) is 0 Å². The quantitative estimate of drug-likeness (QED) is 0.485. The Kier molecular flexibility index (Phi) is 4.71. The van der Waals surface area contributed by atoms with E-state index >= 15 is 0 Å². The third kappa shape index (κ3) is 3.80. The highest BCUT2D eigenvalue weighted by Crippen LogP contribution is 2.27. The maximum atomic E-state index is 11.1. The van der Waals surface area contributed by atoms with Crippen LogP contribution >= 0.6 is 0 Å². The number of carbonyl (C=O) groups is 1. The zero-order valence-electron chi connectivity index (χ0n) is 15.7. The van der Waals surface area contributed by atoms with Gasteiger partial charge in [-0.25, -0.2) is 14.6 Å². The van der Waals surface area contributed by atoms with Gasteiger partial charge in [-0.15, -0.1) is 0 Å². The van der Waals surface area contributed by atoms with E-state index < -0.39 is 5.97 Å². The van der Waals surface area contributed by atoms with E-state index in [-0.39, 0.29) is 5.56 Å². The minimum atomic E-state index is -0.969. The van der Waals surface area contributed by atoms with Gasteiger partial charge in [0.1, 0.15) is 18.0 Å². The lowest BCUT2D eigenvalue weighted by atomic mass is 10.1. The molecule has 0 bridgehead atoms. The smallest absolute Gasteiger partial charge is 0.337 e. The van der Waals surface area contributed by atoms with Crippen LogP contribution in [0.5, 0.6) is 5.75 Å². The Labute approximate surface area is 167 Å². The lowest BCUT2D eigenvalue weighted by Gasteiger charge is -2.10. The van der Waals surface area contributed by atoms with Gasteiger partial charge in [-0.3, -0.25) is 0 Å². The Morgan fingerprint density at radius 2 is 1.93 bits per heavy atom. The second-order valence-electron chi connectivity index (χ2n) is 6.66. The number of carboxylic acid groups (broad SMARTS) is 1. The van der Waals surface area contributed by atoms with Crippen molar-refractivity contribution in [2.24, 2.45) is 0 Å². The van der Waals surface area contributed by atoms with Crippen molar-refractivity contribution in [1.82, 2.24) is 9.38 Å². The summed E-state index contributed by atoms with van der Waals surface area (Å²) in [7, 11) is 0. The summed E-state index contributed by atoms with van der Waals surface area (Å²) < 4.78 is 7.63. The molecule has 1 N–H and O–H groups in total. The average molecular weight is 383 g/mol. The summed E-state index contributed by atoms with van der Waals surface area (Å²) in [5.74, 6) is -0.192. The first-order valence-corrected chi connectivity index (χ1v) is 8.96. The molecule has 2 aromatic carbocycles. The molecule has 2 aromatic heterocycles. The van der Waals surface area contributed by atoms with Crippen molar-refractivity contribution < 1.29 is 14.6 Å². The molecular formula is C23H17N3O3. The third-order valence-corrected chi connectivity index (χ3v) is 4.63. The minimum Gasteiger partial charge on any atom is -0.489 e. The van der Waals surface area contributed by atoms with Crippen LogP contribution in [0.25, 0.3) is 21.7 Å². The van der Waals surface area contributed by atoms with Gasteiger partial charge in [0.05, 0.1) is 17.8 Å². The van der Waals surface area contributed by atoms with Crippen LogP contribution in [0.3, 0.4) is 0 Å².